The van der Waals surface area contributed by atoms with Crippen molar-refractivity contribution < 1.29 is 21.4 Å². The molecular formula is C16H13NNiO2-6. The first-order chi connectivity index (χ1) is 9.29. The maximum Gasteiger partial charge on any atom is 0.214 e. The molecule has 3 rings (SSSR count). The van der Waals surface area contributed by atoms with Gasteiger partial charge in [0.15, 0.2) is 0 Å². The van der Waals surface area contributed by atoms with Gasteiger partial charge in [0.25, 0.3) is 0 Å². The normalized spacial score (nSPS) is 9.00. The first-order valence-electron chi connectivity index (χ1n) is 5.91. The van der Waals surface area contributed by atoms with Crippen LogP contribution in [0.1, 0.15) is 0 Å². The molecule has 0 spiro atoms. The summed E-state index contributed by atoms with van der Waals surface area (Å²) in [5.41, 5.74) is 1.71. The van der Waals surface area contributed by atoms with Crippen molar-refractivity contribution in [3.05, 3.63) is 89.0 Å². The molecule has 3 aromatic rings. The second kappa shape index (κ2) is 8.08. The van der Waals surface area contributed by atoms with Crippen LogP contribution in [-0.2, 0) is 16.5 Å². The zero-order chi connectivity index (χ0) is 13.5. The van der Waals surface area contributed by atoms with E-state index in [9.17, 15) is 10.1 Å². The minimum Gasteiger partial charge on any atom is -0.748 e. The zero-order valence-electron chi connectivity index (χ0n) is 10.6. The van der Waals surface area contributed by atoms with Crippen molar-refractivity contribution in [2.75, 3.05) is 0 Å². The number of rotatable bonds is 2. The number of nitro benzene ring substituents is 1. The van der Waals surface area contributed by atoms with Gasteiger partial charge in [-0.25, -0.2) is 0 Å². The molecule has 0 aliphatic rings. The van der Waals surface area contributed by atoms with E-state index in [1.807, 2.05) is 54.6 Å². The minimum atomic E-state index is -0.359. The van der Waals surface area contributed by atoms with Gasteiger partial charge in [0, 0.05) is 21.4 Å². The Labute approximate surface area is 127 Å². The van der Waals surface area contributed by atoms with Gasteiger partial charge >= 0.3 is 0 Å². The fraction of sp³-hybridized carbons (Fsp3) is 0. The zero-order valence-corrected chi connectivity index (χ0v) is 11.6. The van der Waals surface area contributed by atoms with Crippen molar-refractivity contribution in [3.8, 4) is 11.1 Å². The number of benzene rings is 1. The van der Waals surface area contributed by atoms with Gasteiger partial charge in [-0.1, -0.05) is 17.7 Å². The van der Waals surface area contributed by atoms with E-state index in [4.69, 9.17) is 0 Å². The fourth-order valence-electron chi connectivity index (χ4n) is 1.75. The topological polar surface area (TPSA) is 43.1 Å². The Morgan fingerprint density at radius 2 is 1.40 bits per heavy atom. The molecular weight excluding hydrogens is 297 g/mol. The summed E-state index contributed by atoms with van der Waals surface area (Å²) >= 11 is 0. The predicted octanol–water partition coefficient (Wildman–Crippen LogP) is 4.38. The van der Waals surface area contributed by atoms with Gasteiger partial charge in [-0.3, -0.25) is 10.1 Å². The van der Waals surface area contributed by atoms with Gasteiger partial charge in [-0.15, -0.1) is 18.2 Å². The summed E-state index contributed by atoms with van der Waals surface area (Å²) < 4.78 is 0. The predicted molar refractivity (Wildman–Crippen MR) is 76.2 cm³/mol. The largest absolute Gasteiger partial charge is 0.748 e. The number of nitrogens with zero attached hydrogens (tertiary/aromatic N) is 1. The molecule has 0 bridgehead atoms. The molecule has 4 heteroatoms. The van der Waals surface area contributed by atoms with Crippen molar-refractivity contribution in [2.45, 2.75) is 0 Å². The van der Waals surface area contributed by atoms with Crippen molar-refractivity contribution in [2.24, 2.45) is 0 Å². The Morgan fingerprint density at radius 1 is 0.900 bits per heavy atom. The maximum atomic E-state index is 10.7. The number of hydrogen-bond donors (Lipinski definition) is 0. The number of nitro groups is 1. The third-order valence-corrected chi connectivity index (χ3v) is 2.63. The minimum absolute atomic E-state index is 0. The van der Waals surface area contributed by atoms with Crippen LogP contribution in [0, 0.1) is 10.1 Å². The van der Waals surface area contributed by atoms with Crippen molar-refractivity contribution in [3.63, 3.8) is 0 Å². The van der Waals surface area contributed by atoms with E-state index in [-0.39, 0.29) is 27.1 Å². The van der Waals surface area contributed by atoms with Gasteiger partial charge in [0.1, 0.15) is 0 Å². The molecule has 110 valence electrons. The van der Waals surface area contributed by atoms with Crippen LogP contribution in [0.5, 0.6) is 0 Å². The Balaban J connectivity index is 0.000000283. The van der Waals surface area contributed by atoms with Crippen LogP contribution < -0.4 is 0 Å². The molecule has 3 aromatic carbocycles. The van der Waals surface area contributed by atoms with Gasteiger partial charge in [-0.2, -0.15) is 12.1 Å². The maximum absolute atomic E-state index is 10.7. The Kier molecular flexibility index (Phi) is 6.41. The van der Waals surface area contributed by atoms with E-state index in [1.165, 1.54) is 6.07 Å². The van der Waals surface area contributed by atoms with E-state index in [0.717, 1.165) is 5.56 Å². The third-order valence-electron chi connectivity index (χ3n) is 2.63. The summed E-state index contributed by atoms with van der Waals surface area (Å²) in [4.78, 5) is 10.4. The fourth-order valence-corrected chi connectivity index (χ4v) is 1.75. The molecule has 0 heterocycles. The summed E-state index contributed by atoms with van der Waals surface area (Å²) in [6.07, 6.45) is 0. The Hall–Kier alpha value is -2.19. The SMILES string of the molecule is O=[N+]([O-])c1ccccc1-[c-]1cccc1.[Ni].[cH-]1[cH-][cH-][cH-][cH-]1. The molecule has 0 radical (unpaired) electrons. The average molecular weight is 310 g/mol. The average Bonchev–Trinajstić information content (AvgIpc) is 3.14. The van der Waals surface area contributed by atoms with Crippen LogP contribution in [-0.4, -0.2) is 4.92 Å². The van der Waals surface area contributed by atoms with Crippen LogP contribution >= 0.6 is 0 Å². The van der Waals surface area contributed by atoms with Gasteiger partial charge in [-0.05, 0) is 11.6 Å². The molecule has 0 saturated carbocycles. The van der Waals surface area contributed by atoms with Crippen LogP contribution in [0.15, 0.2) is 78.9 Å². The third kappa shape index (κ3) is 4.18. The van der Waals surface area contributed by atoms with Crippen LogP contribution in [0.4, 0.5) is 5.69 Å². The molecule has 0 N–H and O–H groups in total. The van der Waals surface area contributed by atoms with Crippen molar-refractivity contribution in [1.82, 2.24) is 0 Å². The van der Waals surface area contributed by atoms with E-state index in [2.05, 4.69) is 0 Å². The Bertz CT molecular complexity index is 599. The molecule has 0 amide bonds. The van der Waals surface area contributed by atoms with Gasteiger partial charge < -0.3 is 30.3 Å². The first-order valence-corrected chi connectivity index (χ1v) is 5.91. The van der Waals surface area contributed by atoms with E-state index in [0.29, 0.717) is 5.56 Å². The van der Waals surface area contributed by atoms with Gasteiger partial charge in [0.05, 0.1) is 0 Å². The van der Waals surface area contributed by atoms with Crippen LogP contribution in [0.3, 0.4) is 0 Å². The van der Waals surface area contributed by atoms with E-state index < -0.39 is 0 Å². The monoisotopic (exact) mass is 309 g/mol. The molecule has 0 fully saturated rings. The van der Waals surface area contributed by atoms with E-state index in [1.54, 1.807) is 18.2 Å². The molecule has 0 aliphatic heterocycles. The molecule has 0 aliphatic carbocycles. The summed E-state index contributed by atoms with van der Waals surface area (Å²) in [7, 11) is 0. The number of hydrogen-bond acceptors (Lipinski definition) is 2. The second-order valence-electron chi connectivity index (χ2n) is 3.91. The molecule has 3 nitrogen and oxygen atoms in total. The summed E-state index contributed by atoms with van der Waals surface area (Å²) in [5, 5.41) is 10.7. The van der Waals surface area contributed by atoms with Crippen LogP contribution in [0.2, 0.25) is 0 Å². The number of para-hydroxylation sites is 1. The first kappa shape index (κ1) is 15.9. The summed E-state index contributed by atoms with van der Waals surface area (Å²) in [6, 6.07) is 24.2. The smallest absolute Gasteiger partial charge is 0.214 e. The standard InChI is InChI=1S/C11H8NO2.C5H5.Ni/c13-12(14)11-8-4-3-7-10(11)9-5-1-2-6-9;1-2-4-5-3-1;/h1-8H;1-5H;/q-1;-5;. The summed E-state index contributed by atoms with van der Waals surface area (Å²) in [6.45, 7) is 0. The van der Waals surface area contributed by atoms with Crippen molar-refractivity contribution >= 4 is 5.69 Å². The Morgan fingerprint density at radius 3 is 1.90 bits per heavy atom. The molecule has 0 saturated heterocycles. The second-order valence-corrected chi connectivity index (χ2v) is 3.91. The quantitative estimate of drug-likeness (QED) is 0.305. The molecule has 0 atom stereocenters. The molecule has 0 unspecified atom stereocenters. The summed E-state index contributed by atoms with van der Waals surface area (Å²) in [5.74, 6) is 0. The molecule has 20 heavy (non-hydrogen) atoms. The van der Waals surface area contributed by atoms with E-state index >= 15 is 0 Å². The van der Waals surface area contributed by atoms with Crippen molar-refractivity contribution in [1.29, 1.82) is 0 Å². The van der Waals surface area contributed by atoms with Crippen LogP contribution in [0.25, 0.3) is 11.1 Å². The molecule has 0 aromatic heterocycles. The van der Waals surface area contributed by atoms with Gasteiger partial charge in [0.2, 0.25) is 5.69 Å².